The molecule has 1 aromatic rings. The van der Waals surface area contributed by atoms with Crippen molar-refractivity contribution in [3.8, 4) is 17.6 Å². The molecule has 1 aromatic carbocycles. The molecule has 2 heterocycles. The van der Waals surface area contributed by atoms with Gasteiger partial charge in [0, 0.05) is 12.0 Å². The van der Waals surface area contributed by atoms with Crippen molar-refractivity contribution in [3.05, 3.63) is 46.6 Å². The highest BCUT2D eigenvalue weighted by atomic mass is 16.7. The van der Waals surface area contributed by atoms with Gasteiger partial charge in [-0.3, -0.25) is 0 Å². The van der Waals surface area contributed by atoms with Crippen LogP contribution in [0.25, 0.3) is 0 Å². The average Bonchev–Trinajstić information content (AvgIpc) is 3.27. The normalized spacial score (nSPS) is 19.1. The van der Waals surface area contributed by atoms with E-state index in [0.29, 0.717) is 36.7 Å². The average molecular weight is 430 g/mol. The van der Waals surface area contributed by atoms with Gasteiger partial charge in [-0.05, 0) is 19.9 Å². The van der Waals surface area contributed by atoms with Gasteiger partial charge in [0.25, 0.3) is 0 Å². The number of methoxy groups -OCH3 is 1. The summed E-state index contributed by atoms with van der Waals surface area (Å²) in [4.78, 5) is 12.8. The molecule has 9 nitrogen and oxygen atoms in total. The van der Waals surface area contributed by atoms with E-state index in [1.54, 1.807) is 32.0 Å². The standard InChI is InChI=1S/C22H26N2O7/c1-4-27-22(25)18-13(2)31-21(24)15(12-23)19(18)14-6-5-7-16(26-3)20(14)30-9-8-17-28-10-11-29-17/h5-7,17,19H,4,8-11,24H2,1-3H3. The third-order valence-electron chi connectivity index (χ3n) is 4.93. The Morgan fingerprint density at radius 3 is 2.71 bits per heavy atom. The largest absolute Gasteiger partial charge is 0.493 e. The minimum absolute atomic E-state index is 0.0698. The van der Waals surface area contributed by atoms with Crippen LogP contribution >= 0.6 is 0 Å². The minimum Gasteiger partial charge on any atom is -0.493 e. The first-order valence-corrected chi connectivity index (χ1v) is 10.00. The number of benzene rings is 1. The number of ether oxygens (including phenoxy) is 6. The molecule has 2 aliphatic rings. The summed E-state index contributed by atoms with van der Waals surface area (Å²) in [5.74, 6) is -0.381. The van der Waals surface area contributed by atoms with Crippen LogP contribution in [-0.4, -0.2) is 45.8 Å². The Balaban J connectivity index is 2.03. The van der Waals surface area contributed by atoms with Gasteiger partial charge in [-0.25, -0.2) is 4.79 Å². The van der Waals surface area contributed by atoms with Crippen LogP contribution in [0.1, 0.15) is 31.7 Å². The second-order valence-electron chi connectivity index (χ2n) is 6.80. The van der Waals surface area contributed by atoms with Gasteiger partial charge in [0.15, 0.2) is 17.8 Å². The molecule has 0 spiro atoms. The van der Waals surface area contributed by atoms with Crippen LogP contribution in [0, 0.1) is 11.3 Å². The first-order chi connectivity index (χ1) is 15.0. The van der Waals surface area contributed by atoms with Gasteiger partial charge < -0.3 is 34.2 Å². The molecular weight excluding hydrogens is 404 g/mol. The monoisotopic (exact) mass is 430 g/mol. The molecule has 0 radical (unpaired) electrons. The summed E-state index contributed by atoms with van der Waals surface area (Å²) in [6, 6.07) is 7.31. The number of hydrogen-bond donors (Lipinski definition) is 1. The van der Waals surface area contributed by atoms with Crippen LogP contribution in [0.5, 0.6) is 11.5 Å². The van der Waals surface area contributed by atoms with Gasteiger partial charge >= 0.3 is 5.97 Å². The van der Waals surface area contributed by atoms with Crippen LogP contribution in [-0.2, 0) is 23.7 Å². The van der Waals surface area contributed by atoms with Crippen molar-refractivity contribution >= 4 is 5.97 Å². The van der Waals surface area contributed by atoms with Gasteiger partial charge in [-0.1, -0.05) is 12.1 Å². The molecule has 2 N–H and O–H groups in total. The topological polar surface area (TPSA) is 122 Å². The lowest BCUT2D eigenvalue weighted by Crippen LogP contribution is -2.26. The molecule has 1 saturated heterocycles. The first-order valence-electron chi connectivity index (χ1n) is 10.00. The minimum atomic E-state index is -0.832. The summed E-state index contributed by atoms with van der Waals surface area (Å²) in [7, 11) is 1.52. The van der Waals surface area contributed by atoms with Gasteiger partial charge in [0.1, 0.15) is 17.4 Å². The molecule has 1 unspecified atom stereocenters. The number of nitrogens with zero attached hydrogens (tertiary/aromatic N) is 1. The van der Waals surface area contributed by atoms with Crippen LogP contribution in [0.3, 0.4) is 0 Å². The lowest BCUT2D eigenvalue weighted by atomic mass is 9.82. The predicted octanol–water partition coefficient (Wildman–Crippen LogP) is 2.48. The van der Waals surface area contributed by atoms with Gasteiger partial charge in [0.05, 0.1) is 45.0 Å². The van der Waals surface area contributed by atoms with E-state index in [9.17, 15) is 10.1 Å². The number of esters is 1. The number of para-hydroxylation sites is 1. The van der Waals surface area contributed by atoms with Gasteiger partial charge in [-0.15, -0.1) is 0 Å². The molecule has 0 amide bonds. The van der Waals surface area contributed by atoms with E-state index in [0.717, 1.165) is 0 Å². The number of nitrogens with two attached hydrogens (primary N) is 1. The number of carbonyl (C=O) groups excluding carboxylic acids is 1. The molecule has 0 saturated carbocycles. The maximum absolute atomic E-state index is 12.8. The molecule has 3 rings (SSSR count). The van der Waals surface area contributed by atoms with E-state index >= 15 is 0 Å². The summed E-state index contributed by atoms with van der Waals surface area (Å²) in [6.45, 7) is 4.86. The summed E-state index contributed by atoms with van der Waals surface area (Å²) in [6.07, 6.45) is 0.178. The van der Waals surface area contributed by atoms with Gasteiger partial charge in [-0.2, -0.15) is 5.26 Å². The number of allylic oxidation sites excluding steroid dienone is 2. The fourth-order valence-corrected chi connectivity index (χ4v) is 3.57. The van der Waals surface area contributed by atoms with Crippen molar-refractivity contribution in [1.29, 1.82) is 5.26 Å². The molecule has 1 fully saturated rings. The molecule has 31 heavy (non-hydrogen) atoms. The fourth-order valence-electron chi connectivity index (χ4n) is 3.57. The molecule has 0 aromatic heterocycles. The van der Waals surface area contributed by atoms with Crippen molar-refractivity contribution in [3.63, 3.8) is 0 Å². The van der Waals surface area contributed by atoms with Crippen molar-refractivity contribution in [1.82, 2.24) is 0 Å². The molecule has 166 valence electrons. The molecular formula is C22H26N2O7. The Hall–Kier alpha value is -3.22. The van der Waals surface area contributed by atoms with Crippen LogP contribution in [0.4, 0.5) is 0 Å². The molecule has 2 aliphatic heterocycles. The van der Waals surface area contributed by atoms with E-state index in [-0.39, 0.29) is 42.3 Å². The quantitative estimate of drug-likeness (QED) is 0.620. The summed E-state index contributed by atoms with van der Waals surface area (Å²) >= 11 is 0. The maximum atomic E-state index is 12.8. The summed E-state index contributed by atoms with van der Waals surface area (Å²) < 4.78 is 33.1. The van der Waals surface area contributed by atoms with Crippen LogP contribution in [0.15, 0.2) is 41.0 Å². The number of carbonyl (C=O) groups is 1. The lowest BCUT2D eigenvalue weighted by Gasteiger charge is -2.28. The number of nitriles is 1. The second kappa shape index (κ2) is 10.2. The summed E-state index contributed by atoms with van der Waals surface area (Å²) in [5, 5.41) is 9.80. The zero-order chi connectivity index (χ0) is 22.4. The van der Waals surface area contributed by atoms with E-state index < -0.39 is 11.9 Å². The van der Waals surface area contributed by atoms with Gasteiger partial charge in [0.2, 0.25) is 5.88 Å². The predicted molar refractivity (Wildman–Crippen MR) is 109 cm³/mol. The van der Waals surface area contributed by atoms with E-state index in [4.69, 9.17) is 34.2 Å². The Kier molecular flexibility index (Phi) is 7.39. The second-order valence-corrected chi connectivity index (χ2v) is 6.80. The SMILES string of the molecule is CCOC(=O)C1=C(C)OC(N)=C(C#N)C1c1cccc(OC)c1OCCC1OCCO1. The Bertz CT molecular complexity index is 926. The van der Waals surface area contributed by atoms with Crippen molar-refractivity contribution in [2.24, 2.45) is 5.73 Å². The van der Waals surface area contributed by atoms with E-state index in [1.165, 1.54) is 7.11 Å². The highest BCUT2D eigenvalue weighted by Gasteiger charge is 2.38. The van der Waals surface area contributed by atoms with E-state index in [2.05, 4.69) is 6.07 Å². The Labute approximate surface area is 180 Å². The zero-order valence-corrected chi connectivity index (χ0v) is 17.8. The summed E-state index contributed by atoms with van der Waals surface area (Å²) in [5.41, 5.74) is 6.81. The van der Waals surface area contributed by atoms with Crippen molar-refractivity contribution in [2.45, 2.75) is 32.5 Å². The molecule has 0 bridgehead atoms. The maximum Gasteiger partial charge on any atom is 0.338 e. The smallest absolute Gasteiger partial charge is 0.338 e. The molecule has 9 heteroatoms. The third-order valence-corrected chi connectivity index (χ3v) is 4.93. The number of hydrogen-bond acceptors (Lipinski definition) is 9. The molecule has 1 atom stereocenters. The van der Waals surface area contributed by atoms with Crippen LogP contribution < -0.4 is 15.2 Å². The highest BCUT2D eigenvalue weighted by molar-refractivity contribution is 5.93. The van der Waals surface area contributed by atoms with Crippen molar-refractivity contribution in [2.75, 3.05) is 33.5 Å². The highest BCUT2D eigenvalue weighted by Crippen LogP contribution is 2.46. The van der Waals surface area contributed by atoms with Crippen molar-refractivity contribution < 1.29 is 33.2 Å². The third kappa shape index (κ3) is 4.76. The van der Waals surface area contributed by atoms with Crippen LogP contribution in [0.2, 0.25) is 0 Å². The lowest BCUT2D eigenvalue weighted by molar-refractivity contribution is -0.139. The fraction of sp³-hybridized carbons (Fsp3) is 0.455. The molecule has 0 aliphatic carbocycles. The number of rotatable bonds is 8. The Morgan fingerprint density at radius 2 is 2.06 bits per heavy atom. The van der Waals surface area contributed by atoms with E-state index in [1.807, 2.05) is 0 Å². The first kappa shape index (κ1) is 22.5. The zero-order valence-electron chi connectivity index (χ0n) is 17.8. The Morgan fingerprint density at radius 1 is 1.32 bits per heavy atom.